The van der Waals surface area contributed by atoms with Gasteiger partial charge >= 0.3 is 0 Å². The number of rotatable bonds is 2. The first-order valence-corrected chi connectivity index (χ1v) is 7.35. The lowest BCUT2D eigenvalue weighted by molar-refractivity contribution is 0.0984. The van der Waals surface area contributed by atoms with Crippen LogP contribution in [-0.4, -0.2) is 36.3 Å². The number of hydrogen-bond donors (Lipinski definition) is 2. The number of aromatic amines is 1. The Bertz CT molecular complexity index is 769. The lowest BCUT2D eigenvalue weighted by atomic mass is 10.2. The molecule has 8 nitrogen and oxygen atoms in total. The number of benzene rings is 1. The Hall–Kier alpha value is -2.26. The second-order valence-corrected chi connectivity index (χ2v) is 5.96. The highest BCUT2D eigenvalue weighted by atomic mass is 32.2. The molecule has 1 aliphatic rings. The van der Waals surface area contributed by atoms with Gasteiger partial charge in [0.05, 0.1) is 11.1 Å². The van der Waals surface area contributed by atoms with E-state index in [1.54, 1.807) is 11.0 Å². The van der Waals surface area contributed by atoms with Crippen LogP contribution in [-0.2, 0) is 16.4 Å². The SMILES string of the molecule is NS(=O)(=O)c1ccc2c(c1)CCN2C(=O)c1cn[nH]n1. The summed E-state index contributed by atoms with van der Waals surface area (Å²) in [5.74, 6) is -0.277. The Kier molecular flexibility index (Phi) is 2.80. The van der Waals surface area contributed by atoms with Crippen LogP contribution in [0.5, 0.6) is 0 Å². The monoisotopic (exact) mass is 293 g/mol. The predicted octanol–water partition coefficient (Wildman–Crippen LogP) is -0.345. The maximum Gasteiger partial charge on any atom is 0.280 e. The van der Waals surface area contributed by atoms with Crippen LogP contribution in [0.2, 0.25) is 0 Å². The first-order valence-electron chi connectivity index (χ1n) is 5.80. The highest BCUT2D eigenvalue weighted by Gasteiger charge is 2.27. The summed E-state index contributed by atoms with van der Waals surface area (Å²) < 4.78 is 22.6. The molecule has 0 saturated carbocycles. The smallest absolute Gasteiger partial charge is 0.280 e. The van der Waals surface area contributed by atoms with E-state index in [0.717, 1.165) is 5.56 Å². The fraction of sp³-hybridized carbons (Fsp3) is 0.182. The number of nitrogens with two attached hydrogens (primary N) is 1. The van der Waals surface area contributed by atoms with Crippen LogP contribution in [0, 0.1) is 0 Å². The van der Waals surface area contributed by atoms with E-state index in [1.165, 1.54) is 18.3 Å². The highest BCUT2D eigenvalue weighted by molar-refractivity contribution is 7.89. The molecule has 0 saturated heterocycles. The van der Waals surface area contributed by atoms with Crippen LogP contribution < -0.4 is 10.0 Å². The Labute approximate surface area is 114 Å². The Morgan fingerprint density at radius 1 is 1.40 bits per heavy atom. The number of carbonyl (C=O) groups is 1. The van der Waals surface area contributed by atoms with E-state index in [4.69, 9.17) is 5.14 Å². The van der Waals surface area contributed by atoms with Crippen LogP contribution in [0.3, 0.4) is 0 Å². The first kappa shape index (κ1) is 12.8. The maximum atomic E-state index is 12.2. The van der Waals surface area contributed by atoms with E-state index >= 15 is 0 Å². The van der Waals surface area contributed by atoms with E-state index < -0.39 is 10.0 Å². The van der Waals surface area contributed by atoms with Crippen molar-refractivity contribution in [3.05, 3.63) is 35.7 Å². The van der Waals surface area contributed by atoms with Gasteiger partial charge in [-0.05, 0) is 30.2 Å². The molecule has 1 amide bonds. The van der Waals surface area contributed by atoms with Crippen molar-refractivity contribution >= 4 is 21.6 Å². The van der Waals surface area contributed by atoms with Crippen molar-refractivity contribution in [2.75, 3.05) is 11.4 Å². The molecule has 20 heavy (non-hydrogen) atoms. The molecule has 2 aromatic rings. The number of hydrogen-bond acceptors (Lipinski definition) is 5. The number of amides is 1. The van der Waals surface area contributed by atoms with Crippen molar-refractivity contribution in [2.24, 2.45) is 5.14 Å². The molecule has 2 heterocycles. The number of primary sulfonamides is 1. The lowest BCUT2D eigenvalue weighted by Crippen LogP contribution is -2.29. The fourth-order valence-electron chi connectivity index (χ4n) is 2.21. The summed E-state index contributed by atoms with van der Waals surface area (Å²) in [5, 5.41) is 14.8. The fourth-order valence-corrected chi connectivity index (χ4v) is 2.77. The minimum atomic E-state index is -3.74. The minimum Gasteiger partial charge on any atom is -0.306 e. The van der Waals surface area contributed by atoms with Gasteiger partial charge in [-0.25, -0.2) is 13.6 Å². The summed E-state index contributed by atoms with van der Waals surface area (Å²) in [5.41, 5.74) is 1.66. The van der Waals surface area contributed by atoms with Crippen LogP contribution >= 0.6 is 0 Å². The zero-order valence-corrected chi connectivity index (χ0v) is 11.1. The van der Waals surface area contributed by atoms with Gasteiger partial charge < -0.3 is 4.90 Å². The third kappa shape index (κ3) is 2.06. The zero-order chi connectivity index (χ0) is 14.3. The standard InChI is InChI=1S/C11H11N5O3S/c12-20(18,19)8-1-2-10-7(5-8)3-4-16(10)11(17)9-6-13-15-14-9/h1-2,5-6H,3-4H2,(H2,12,18,19)(H,13,14,15). The van der Waals surface area contributed by atoms with E-state index in [9.17, 15) is 13.2 Å². The average molecular weight is 293 g/mol. The van der Waals surface area contributed by atoms with Gasteiger partial charge in [-0.15, -0.1) is 0 Å². The summed E-state index contributed by atoms with van der Waals surface area (Å²) in [6, 6.07) is 4.48. The largest absolute Gasteiger partial charge is 0.306 e. The van der Waals surface area contributed by atoms with Gasteiger partial charge in [0.1, 0.15) is 0 Å². The zero-order valence-electron chi connectivity index (χ0n) is 10.3. The molecule has 0 atom stereocenters. The molecule has 0 radical (unpaired) electrons. The van der Waals surface area contributed by atoms with Crippen molar-refractivity contribution in [1.82, 2.24) is 15.4 Å². The molecule has 104 valence electrons. The number of sulfonamides is 1. The molecule has 0 aliphatic carbocycles. The van der Waals surface area contributed by atoms with Crippen molar-refractivity contribution < 1.29 is 13.2 Å². The summed E-state index contributed by atoms with van der Waals surface area (Å²) in [7, 11) is -3.74. The molecule has 9 heteroatoms. The molecule has 0 bridgehead atoms. The number of H-pyrrole nitrogens is 1. The summed E-state index contributed by atoms with van der Waals surface area (Å²) in [4.78, 5) is 13.8. The number of carbonyl (C=O) groups excluding carboxylic acids is 1. The van der Waals surface area contributed by atoms with Crippen LogP contribution in [0.1, 0.15) is 16.1 Å². The Morgan fingerprint density at radius 3 is 2.85 bits per heavy atom. The van der Waals surface area contributed by atoms with Gasteiger partial charge in [-0.2, -0.15) is 15.4 Å². The predicted molar refractivity (Wildman–Crippen MR) is 69.6 cm³/mol. The number of anilines is 1. The van der Waals surface area contributed by atoms with Gasteiger partial charge in [0, 0.05) is 12.2 Å². The number of aromatic nitrogens is 3. The lowest BCUT2D eigenvalue weighted by Gasteiger charge is -2.15. The van der Waals surface area contributed by atoms with E-state index in [1.807, 2.05) is 0 Å². The van der Waals surface area contributed by atoms with Crippen molar-refractivity contribution in [3.63, 3.8) is 0 Å². The van der Waals surface area contributed by atoms with Gasteiger partial charge in [-0.3, -0.25) is 4.79 Å². The molecule has 1 aliphatic heterocycles. The Morgan fingerprint density at radius 2 is 2.20 bits per heavy atom. The molecule has 0 spiro atoms. The van der Waals surface area contributed by atoms with Crippen LogP contribution in [0.25, 0.3) is 0 Å². The molecule has 0 fully saturated rings. The number of nitrogens with one attached hydrogen (secondary N) is 1. The molecule has 0 unspecified atom stereocenters. The minimum absolute atomic E-state index is 0.0481. The average Bonchev–Trinajstić information content (AvgIpc) is 3.06. The number of fused-ring (bicyclic) bond motifs is 1. The van der Waals surface area contributed by atoms with E-state index in [2.05, 4.69) is 15.4 Å². The van der Waals surface area contributed by atoms with Crippen molar-refractivity contribution in [3.8, 4) is 0 Å². The molecule has 1 aromatic heterocycles. The first-order chi connectivity index (χ1) is 9.47. The molecular weight excluding hydrogens is 282 g/mol. The topological polar surface area (TPSA) is 122 Å². The molecule has 1 aromatic carbocycles. The summed E-state index contributed by atoms with van der Waals surface area (Å²) in [6.07, 6.45) is 1.92. The van der Waals surface area contributed by atoms with Crippen LogP contribution in [0.15, 0.2) is 29.3 Å². The van der Waals surface area contributed by atoms with E-state index in [0.29, 0.717) is 18.7 Å². The van der Waals surface area contributed by atoms with Crippen molar-refractivity contribution in [1.29, 1.82) is 0 Å². The second kappa shape index (κ2) is 4.39. The van der Waals surface area contributed by atoms with E-state index in [-0.39, 0.29) is 16.5 Å². The third-order valence-electron chi connectivity index (χ3n) is 3.15. The summed E-state index contributed by atoms with van der Waals surface area (Å²) >= 11 is 0. The molecule has 3 N–H and O–H groups in total. The normalized spacial score (nSPS) is 14.3. The van der Waals surface area contributed by atoms with Gasteiger partial charge in [0.15, 0.2) is 5.69 Å². The Balaban J connectivity index is 1.98. The maximum absolute atomic E-state index is 12.2. The highest BCUT2D eigenvalue weighted by Crippen LogP contribution is 2.30. The van der Waals surface area contributed by atoms with Crippen LogP contribution in [0.4, 0.5) is 5.69 Å². The van der Waals surface area contributed by atoms with Crippen molar-refractivity contribution in [2.45, 2.75) is 11.3 Å². The number of nitrogens with zero attached hydrogens (tertiary/aromatic N) is 3. The molecular formula is C11H11N5O3S. The van der Waals surface area contributed by atoms with Gasteiger partial charge in [-0.1, -0.05) is 0 Å². The quantitative estimate of drug-likeness (QED) is 0.784. The molecule has 3 rings (SSSR count). The van der Waals surface area contributed by atoms with Gasteiger partial charge in [0.2, 0.25) is 10.0 Å². The van der Waals surface area contributed by atoms with Gasteiger partial charge in [0.25, 0.3) is 5.91 Å². The summed E-state index contributed by atoms with van der Waals surface area (Å²) in [6.45, 7) is 0.467. The second-order valence-electron chi connectivity index (χ2n) is 4.40. The third-order valence-corrected chi connectivity index (χ3v) is 4.07.